The largest absolute Gasteiger partial charge is 0.289 e. The topological polar surface area (TPSA) is 17.1 Å². The van der Waals surface area contributed by atoms with Gasteiger partial charge in [0.25, 0.3) is 0 Å². The highest BCUT2D eigenvalue weighted by molar-refractivity contribution is 6.09. The fraction of sp³-hybridized carbons (Fsp3) is 0.667. The van der Waals surface area contributed by atoms with E-state index in [1.807, 2.05) is 19.9 Å². The van der Waals surface area contributed by atoms with Crippen LogP contribution in [0.15, 0.2) is 22.8 Å². The zero-order valence-electron chi connectivity index (χ0n) is 11.5. The Kier molecular flexibility index (Phi) is 3.77. The van der Waals surface area contributed by atoms with Crippen LogP contribution in [0.5, 0.6) is 0 Å². The number of hydrogen-bond acceptors (Lipinski definition) is 1. The van der Waals surface area contributed by atoms with E-state index in [2.05, 4.69) is 27.7 Å². The molecule has 0 fully saturated rings. The molecule has 0 saturated heterocycles. The average Bonchev–Trinajstić information content (AvgIpc) is 2.22. The van der Waals surface area contributed by atoms with Gasteiger partial charge in [-0.15, -0.1) is 0 Å². The van der Waals surface area contributed by atoms with E-state index in [1.54, 1.807) is 0 Å². The van der Waals surface area contributed by atoms with Gasteiger partial charge in [0, 0.05) is 5.57 Å². The molecule has 0 amide bonds. The molecule has 0 saturated carbocycles. The van der Waals surface area contributed by atoms with E-state index in [0.29, 0.717) is 5.92 Å². The molecule has 0 spiro atoms. The summed E-state index contributed by atoms with van der Waals surface area (Å²) in [6, 6.07) is 0. The van der Waals surface area contributed by atoms with E-state index in [4.69, 9.17) is 0 Å². The molecule has 1 nitrogen and oxygen atoms in total. The molecule has 1 aliphatic carbocycles. The van der Waals surface area contributed by atoms with Crippen LogP contribution in [-0.2, 0) is 4.79 Å². The third-order valence-corrected chi connectivity index (χ3v) is 4.27. The molecule has 16 heavy (non-hydrogen) atoms. The molecule has 0 heterocycles. The quantitative estimate of drug-likeness (QED) is 0.634. The number of allylic oxidation sites excluding steroid dienone is 4. The second-order valence-corrected chi connectivity index (χ2v) is 5.62. The van der Waals surface area contributed by atoms with Gasteiger partial charge >= 0.3 is 0 Å². The maximum atomic E-state index is 12.4. The van der Waals surface area contributed by atoms with Gasteiger partial charge < -0.3 is 0 Å². The Hall–Kier alpha value is -0.850. The van der Waals surface area contributed by atoms with Crippen LogP contribution in [0.25, 0.3) is 0 Å². The number of hydrogen-bond donors (Lipinski definition) is 0. The number of ketones is 1. The Bertz CT molecular complexity index is 356. The summed E-state index contributed by atoms with van der Waals surface area (Å²) >= 11 is 0. The van der Waals surface area contributed by atoms with Crippen LogP contribution in [0.2, 0.25) is 0 Å². The fourth-order valence-electron chi connectivity index (χ4n) is 2.53. The summed E-state index contributed by atoms with van der Waals surface area (Å²) < 4.78 is 0. The van der Waals surface area contributed by atoms with Crippen LogP contribution < -0.4 is 0 Å². The Morgan fingerprint density at radius 1 is 1.44 bits per heavy atom. The van der Waals surface area contributed by atoms with Crippen molar-refractivity contribution >= 4 is 5.78 Å². The van der Waals surface area contributed by atoms with E-state index < -0.39 is 0 Å². The predicted octanol–water partition coefficient (Wildman–Crippen LogP) is 4.29. The Balaban J connectivity index is 3.22. The van der Waals surface area contributed by atoms with Crippen LogP contribution >= 0.6 is 0 Å². The predicted molar refractivity (Wildman–Crippen MR) is 69.3 cm³/mol. The molecule has 0 bridgehead atoms. The smallest absolute Gasteiger partial charge is 0.184 e. The van der Waals surface area contributed by atoms with Crippen molar-refractivity contribution in [1.82, 2.24) is 0 Å². The lowest BCUT2D eigenvalue weighted by molar-refractivity contribution is -0.113. The van der Waals surface area contributed by atoms with Crippen molar-refractivity contribution in [3.8, 4) is 0 Å². The van der Waals surface area contributed by atoms with Crippen molar-refractivity contribution in [3.05, 3.63) is 22.8 Å². The molecule has 0 aromatic heterocycles. The maximum absolute atomic E-state index is 12.4. The number of Topliss-reactive ketones (excluding diaryl/α,β-unsaturated/α-hetero) is 1. The van der Waals surface area contributed by atoms with Gasteiger partial charge in [0.15, 0.2) is 5.78 Å². The lowest BCUT2D eigenvalue weighted by atomic mass is 9.64. The van der Waals surface area contributed by atoms with Crippen molar-refractivity contribution in [1.29, 1.82) is 0 Å². The lowest BCUT2D eigenvalue weighted by Crippen LogP contribution is -2.33. The molecule has 0 aliphatic heterocycles. The molecular weight excluding hydrogens is 196 g/mol. The first-order valence-electron chi connectivity index (χ1n) is 6.20. The highest BCUT2D eigenvalue weighted by Crippen LogP contribution is 2.45. The SMILES string of the molecule is C/C=C(\C)C(=O)C1=C(C)CCC(C)C1(C)C. The van der Waals surface area contributed by atoms with Crippen molar-refractivity contribution in [2.45, 2.75) is 54.4 Å². The molecule has 1 rings (SSSR count). The van der Waals surface area contributed by atoms with Crippen molar-refractivity contribution < 1.29 is 4.79 Å². The maximum Gasteiger partial charge on any atom is 0.184 e. The molecule has 0 aromatic rings. The van der Waals surface area contributed by atoms with E-state index in [-0.39, 0.29) is 11.2 Å². The molecule has 1 unspecified atom stereocenters. The van der Waals surface area contributed by atoms with E-state index >= 15 is 0 Å². The molecule has 90 valence electrons. The number of rotatable bonds is 2. The molecule has 1 atom stereocenters. The van der Waals surface area contributed by atoms with Gasteiger partial charge in [0.1, 0.15) is 0 Å². The minimum Gasteiger partial charge on any atom is -0.289 e. The first-order chi connectivity index (χ1) is 7.32. The summed E-state index contributed by atoms with van der Waals surface area (Å²) in [6.45, 7) is 12.6. The summed E-state index contributed by atoms with van der Waals surface area (Å²) in [5.41, 5.74) is 3.23. The van der Waals surface area contributed by atoms with Gasteiger partial charge in [0.2, 0.25) is 0 Å². The van der Waals surface area contributed by atoms with Crippen LogP contribution in [0.1, 0.15) is 54.4 Å². The van der Waals surface area contributed by atoms with Crippen LogP contribution in [0.3, 0.4) is 0 Å². The molecule has 0 aromatic carbocycles. The Morgan fingerprint density at radius 3 is 2.50 bits per heavy atom. The number of carbonyl (C=O) groups is 1. The summed E-state index contributed by atoms with van der Waals surface area (Å²) in [4.78, 5) is 12.4. The highest BCUT2D eigenvalue weighted by atomic mass is 16.1. The third-order valence-electron chi connectivity index (χ3n) is 4.27. The second kappa shape index (κ2) is 4.57. The first-order valence-corrected chi connectivity index (χ1v) is 6.20. The van der Waals surface area contributed by atoms with Gasteiger partial charge in [-0.2, -0.15) is 0 Å². The van der Waals surface area contributed by atoms with Crippen LogP contribution in [0.4, 0.5) is 0 Å². The van der Waals surface area contributed by atoms with Crippen molar-refractivity contribution in [2.75, 3.05) is 0 Å². The van der Waals surface area contributed by atoms with Gasteiger partial charge in [0.05, 0.1) is 0 Å². The molecular formula is C15H24O. The van der Waals surface area contributed by atoms with Gasteiger partial charge in [-0.3, -0.25) is 4.79 Å². The van der Waals surface area contributed by atoms with Gasteiger partial charge in [-0.1, -0.05) is 32.4 Å². The Labute approximate surface area is 99.6 Å². The summed E-state index contributed by atoms with van der Waals surface area (Å²) in [7, 11) is 0. The zero-order chi connectivity index (χ0) is 12.5. The molecule has 1 heteroatoms. The van der Waals surface area contributed by atoms with Crippen molar-refractivity contribution in [2.24, 2.45) is 11.3 Å². The monoisotopic (exact) mass is 220 g/mol. The summed E-state index contributed by atoms with van der Waals surface area (Å²) in [5.74, 6) is 0.830. The van der Waals surface area contributed by atoms with E-state index in [0.717, 1.165) is 17.6 Å². The second-order valence-electron chi connectivity index (χ2n) is 5.62. The fourth-order valence-corrected chi connectivity index (χ4v) is 2.53. The standard InChI is InChI=1S/C15H24O/c1-7-10(2)14(16)13-11(3)8-9-12(4)15(13,5)6/h7,12H,8-9H2,1-6H3/b10-7+. The number of carbonyl (C=O) groups excluding carboxylic acids is 1. The van der Waals surface area contributed by atoms with Gasteiger partial charge in [-0.05, 0) is 50.5 Å². The Morgan fingerprint density at radius 2 is 2.00 bits per heavy atom. The van der Waals surface area contributed by atoms with E-state index in [9.17, 15) is 4.79 Å². The van der Waals surface area contributed by atoms with Crippen LogP contribution in [-0.4, -0.2) is 5.78 Å². The van der Waals surface area contributed by atoms with Crippen molar-refractivity contribution in [3.63, 3.8) is 0 Å². The third kappa shape index (κ3) is 2.14. The summed E-state index contributed by atoms with van der Waals surface area (Å²) in [5, 5.41) is 0. The minimum atomic E-state index is 0.0175. The van der Waals surface area contributed by atoms with Gasteiger partial charge in [-0.25, -0.2) is 0 Å². The van der Waals surface area contributed by atoms with E-state index in [1.165, 1.54) is 12.0 Å². The van der Waals surface area contributed by atoms with Crippen LogP contribution in [0, 0.1) is 11.3 Å². The average molecular weight is 220 g/mol. The molecule has 1 aliphatic rings. The first kappa shape index (κ1) is 13.2. The molecule has 0 N–H and O–H groups in total. The molecule has 0 radical (unpaired) electrons. The zero-order valence-corrected chi connectivity index (χ0v) is 11.5. The highest BCUT2D eigenvalue weighted by Gasteiger charge is 2.38. The minimum absolute atomic E-state index is 0.0175. The lowest BCUT2D eigenvalue weighted by Gasteiger charge is -2.39. The summed E-state index contributed by atoms with van der Waals surface area (Å²) in [6.07, 6.45) is 4.19. The normalized spacial score (nSPS) is 25.9.